The molecule has 132 valence electrons. The molecule has 1 aromatic rings. The number of nitrogens with one attached hydrogen (secondary N) is 1. The van der Waals surface area contributed by atoms with Crippen molar-refractivity contribution in [2.75, 3.05) is 13.2 Å². The molecule has 1 saturated carbocycles. The van der Waals surface area contributed by atoms with Crippen LogP contribution in [0.15, 0.2) is 24.3 Å². The summed E-state index contributed by atoms with van der Waals surface area (Å²) in [6, 6.07) is 7.71. The standard InChI is InChI=1S/C19H27NO4/c1-2-24-16-9-6-15(7-10-16)8-11-17(21)20-14-19(18(22)23)12-4-3-5-13-19/h6-7,9-10H,2-5,8,11-14H2,1H3,(H,20,21)(H,22,23). The van der Waals surface area contributed by atoms with E-state index in [0.29, 0.717) is 32.3 Å². The van der Waals surface area contributed by atoms with Gasteiger partial charge in [-0.15, -0.1) is 0 Å². The fourth-order valence-electron chi connectivity index (χ4n) is 3.23. The third kappa shape index (κ3) is 4.98. The lowest BCUT2D eigenvalue weighted by Gasteiger charge is -2.33. The van der Waals surface area contributed by atoms with Crippen LogP contribution in [-0.4, -0.2) is 30.1 Å². The SMILES string of the molecule is CCOc1ccc(CCC(=O)NCC2(C(=O)O)CCCCC2)cc1. The number of benzene rings is 1. The second-order valence-corrected chi connectivity index (χ2v) is 6.50. The number of aryl methyl sites for hydroxylation is 1. The van der Waals surface area contributed by atoms with E-state index in [1.54, 1.807) is 0 Å². The molecule has 0 spiro atoms. The molecule has 1 aliphatic rings. The zero-order chi connectivity index (χ0) is 17.4. The predicted octanol–water partition coefficient (Wildman–Crippen LogP) is 3.17. The van der Waals surface area contributed by atoms with Crippen molar-refractivity contribution in [1.29, 1.82) is 0 Å². The minimum Gasteiger partial charge on any atom is -0.494 e. The minimum absolute atomic E-state index is 0.0879. The van der Waals surface area contributed by atoms with E-state index in [9.17, 15) is 14.7 Å². The average molecular weight is 333 g/mol. The molecule has 0 aromatic heterocycles. The van der Waals surface area contributed by atoms with Gasteiger partial charge in [0.1, 0.15) is 5.75 Å². The zero-order valence-corrected chi connectivity index (χ0v) is 14.3. The van der Waals surface area contributed by atoms with Crippen molar-refractivity contribution in [3.63, 3.8) is 0 Å². The molecule has 0 atom stereocenters. The molecule has 0 heterocycles. The molecule has 5 nitrogen and oxygen atoms in total. The fraction of sp³-hybridized carbons (Fsp3) is 0.579. The largest absolute Gasteiger partial charge is 0.494 e. The lowest BCUT2D eigenvalue weighted by molar-refractivity contribution is -0.151. The van der Waals surface area contributed by atoms with Gasteiger partial charge in [-0.3, -0.25) is 9.59 Å². The van der Waals surface area contributed by atoms with E-state index in [-0.39, 0.29) is 12.5 Å². The van der Waals surface area contributed by atoms with Crippen LogP contribution < -0.4 is 10.1 Å². The summed E-state index contributed by atoms with van der Waals surface area (Å²) in [6.45, 7) is 2.81. The van der Waals surface area contributed by atoms with Gasteiger partial charge in [0.15, 0.2) is 0 Å². The molecule has 0 radical (unpaired) electrons. The van der Waals surface area contributed by atoms with E-state index in [1.807, 2.05) is 31.2 Å². The normalized spacial score (nSPS) is 16.4. The van der Waals surface area contributed by atoms with Crippen molar-refractivity contribution in [2.45, 2.75) is 51.9 Å². The summed E-state index contributed by atoms with van der Waals surface area (Å²) in [7, 11) is 0. The Kier molecular flexibility index (Phi) is 6.64. The molecular weight excluding hydrogens is 306 g/mol. The monoisotopic (exact) mass is 333 g/mol. The van der Waals surface area contributed by atoms with Crippen LogP contribution in [0.25, 0.3) is 0 Å². The lowest BCUT2D eigenvalue weighted by Crippen LogP contribution is -2.44. The Balaban J connectivity index is 1.79. The van der Waals surface area contributed by atoms with Crippen LogP contribution in [0.5, 0.6) is 5.75 Å². The minimum atomic E-state index is -0.783. The Bertz CT molecular complexity index is 547. The van der Waals surface area contributed by atoms with Crippen LogP contribution >= 0.6 is 0 Å². The van der Waals surface area contributed by atoms with Crippen LogP contribution in [0.3, 0.4) is 0 Å². The van der Waals surface area contributed by atoms with E-state index in [0.717, 1.165) is 30.6 Å². The van der Waals surface area contributed by atoms with Crippen molar-refractivity contribution in [1.82, 2.24) is 5.32 Å². The molecule has 1 aliphatic carbocycles. The molecular formula is C19H27NO4. The third-order valence-electron chi connectivity index (χ3n) is 4.76. The van der Waals surface area contributed by atoms with Gasteiger partial charge in [-0.05, 0) is 43.9 Å². The van der Waals surface area contributed by atoms with Crippen molar-refractivity contribution in [3.8, 4) is 5.75 Å². The maximum absolute atomic E-state index is 12.1. The molecule has 0 aliphatic heterocycles. The van der Waals surface area contributed by atoms with E-state index >= 15 is 0 Å². The summed E-state index contributed by atoms with van der Waals surface area (Å²) in [5, 5.41) is 12.3. The number of hydrogen-bond donors (Lipinski definition) is 2. The zero-order valence-electron chi connectivity index (χ0n) is 14.3. The van der Waals surface area contributed by atoms with Gasteiger partial charge in [0.25, 0.3) is 0 Å². The number of rotatable bonds is 8. The van der Waals surface area contributed by atoms with Crippen molar-refractivity contribution >= 4 is 11.9 Å². The van der Waals surface area contributed by atoms with Crippen molar-refractivity contribution in [2.24, 2.45) is 5.41 Å². The molecule has 5 heteroatoms. The molecule has 1 fully saturated rings. The highest BCUT2D eigenvalue weighted by Gasteiger charge is 2.39. The molecule has 0 bridgehead atoms. The number of carbonyl (C=O) groups excluding carboxylic acids is 1. The number of ether oxygens (including phenoxy) is 1. The van der Waals surface area contributed by atoms with E-state index in [2.05, 4.69) is 5.32 Å². The van der Waals surface area contributed by atoms with Gasteiger partial charge in [-0.25, -0.2) is 0 Å². The number of carboxylic acid groups (broad SMARTS) is 1. The van der Waals surface area contributed by atoms with Gasteiger partial charge in [-0.1, -0.05) is 31.4 Å². The first-order chi connectivity index (χ1) is 11.6. The molecule has 1 amide bonds. The Hall–Kier alpha value is -2.04. The van der Waals surface area contributed by atoms with Gasteiger partial charge in [0.2, 0.25) is 5.91 Å². The van der Waals surface area contributed by atoms with Gasteiger partial charge >= 0.3 is 5.97 Å². The fourth-order valence-corrected chi connectivity index (χ4v) is 3.23. The second kappa shape index (κ2) is 8.71. The van der Waals surface area contributed by atoms with Crippen LogP contribution in [0.2, 0.25) is 0 Å². The number of carboxylic acids is 1. The molecule has 0 saturated heterocycles. The summed E-state index contributed by atoms with van der Waals surface area (Å²) in [4.78, 5) is 23.7. The van der Waals surface area contributed by atoms with Gasteiger partial charge in [0, 0.05) is 13.0 Å². The number of carbonyl (C=O) groups is 2. The Morgan fingerprint density at radius 3 is 2.42 bits per heavy atom. The quantitative estimate of drug-likeness (QED) is 0.766. The Morgan fingerprint density at radius 1 is 1.17 bits per heavy atom. The number of aliphatic carboxylic acids is 1. The maximum atomic E-state index is 12.1. The predicted molar refractivity (Wildman–Crippen MR) is 92.1 cm³/mol. The van der Waals surface area contributed by atoms with E-state index in [1.165, 1.54) is 0 Å². The second-order valence-electron chi connectivity index (χ2n) is 6.50. The summed E-state index contributed by atoms with van der Waals surface area (Å²) in [5.74, 6) is -0.0458. The van der Waals surface area contributed by atoms with Gasteiger partial charge < -0.3 is 15.2 Å². The average Bonchev–Trinajstić information content (AvgIpc) is 2.60. The van der Waals surface area contributed by atoms with Gasteiger partial charge in [-0.2, -0.15) is 0 Å². The van der Waals surface area contributed by atoms with E-state index in [4.69, 9.17) is 4.74 Å². The highest BCUT2D eigenvalue weighted by molar-refractivity contribution is 5.79. The third-order valence-corrected chi connectivity index (χ3v) is 4.76. The maximum Gasteiger partial charge on any atom is 0.311 e. The summed E-state index contributed by atoms with van der Waals surface area (Å²) < 4.78 is 5.39. The first-order valence-electron chi connectivity index (χ1n) is 8.77. The summed E-state index contributed by atoms with van der Waals surface area (Å²) in [5.41, 5.74) is 0.298. The topological polar surface area (TPSA) is 75.6 Å². The molecule has 0 unspecified atom stereocenters. The van der Waals surface area contributed by atoms with Crippen molar-refractivity contribution < 1.29 is 19.4 Å². The van der Waals surface area contributed by atoms with Gasteiger partial charge in [0.05, 0.1) is 12.0 Å². The molecule has 2 N–H and O–H groups in total. The smallest absolute Gasteiger partial charge is 0.311 e. The summed E-state index contributed by atoms with van der Waals surface area (Å²) in [6.07, 6.45) is 5.24. The van der Waals surface area contributed by atoms with Crippen LogP contribution in [0.4, 0.5) is 0 Å². The van der Waals surface area contributed by atoms with Crippen molar-refractivity contribution in [3.05, 3.63) is 29.8 Å². The number of amides is 1. The first-order valence-corrected chi connectivity index (χ1v) is 8.77. The Labute approximate surface area is 143 Å². The first kappa shape index (κ1) is 18.3. The summed E-state index contributed by atoms with van der Waals surface area (Å²) >= 11 is 0. The highest BCUT2D eigenvalue weighted by Crippen LogP contribution is 2.36. The molecule has 24 heavy (non-hydrogen) atoms. The Morgan fingerprint density at radius 2 is 1.83 bits per heavy atom. The molecule has 2 rings (SSSR count). The van der Waals surface area contributed by atoms with Crippen LogP contribution in [-0.2, 0) is 16.0 Å². The number of hydrogen-bond acceptors (Lipinski definition) is 3. The van der Waals surface area contributed by atoms with Crippen LogP contribution in [0, 0.1) is 5.41 Å². The lowest BCUT2D eigenvalue weighted by atomic mass is 9.74. The van der Waals surface area contributed by atoms with Crippen LogP contribution in [0.1, 0.15) is 51.0 Å². The molecule has 1 aromatic carbocycles. The highest BCUT2D eigenvalue weighted by atomic mass is 16.5. The van der Waals surface area contributed by atoms with E-state index < -0.39 is 11.4 Å².